The number of likely N-dealkylation sites (tertiary alicyclic amines) is 1. The average Bonchev–Trinajstić information content (AvgIpc) is 2.28. The lowest BCUT2D eigenvalue weighted by Crippen LogP contribution is -2.30. The van der Waals surface area contributed by atoms with Crippen LogP contribution in [-0.4, -0.2) is 35.7 Å². The maximum atomic E-state index is 9.37. The Labute approximate surface area is 69.2 Å². The Morgan fingerprint density at radius 2 is 2.27 bits per heavy atom. The third kappa shape index (κ3) is 1.94. The molecule has 1 rings (SSSR count). The average molecular weight is 157 g/mol. The Bertz CT molecular complexity index is 123. The molecule has 1 saturated heterocycles. The molecule has 2 heteroatoms. The fourth-order valence-electron chi connectivity index (χ4n) is 1.94. The normalized spacial score (nSPS) is 36.0. The molecule has 0 amide bonds. The van der Waals surface area contributed by atoms with Gasteiger partial charge in [0.1, 0.15) is 0 Å². The summed E-state index contributed by atoms with van der Waals surface area (Å²) in [4.78, 5) is 2.28. The minimum absolute atomic E-state index is 0.0843. The molecule has 1 N–H and O–H groups in total. The van der Waals surface area contributed by atoms with Gasteiger partial charge in [-0.05, 0) is 19.4 Å². The zero-order valence-electron chi connectivity index (χ0n) is 7.75. The van der Waals surface area contributed by atoms with Crippen LogP contribution in [0.25, 0.3) is 0 Å². The summed E-state index contributed by atoms with van der Waals surface area (Å²) >= 11 is 0. The van der Waals surface area contributed by atoms with Crippen LogP contribution in [-0.2, 0) is 0 Å². The zero-order valence-corrected chi connectivity index (χ0v) is 7.75. The van der Waals surface area contributed by atoms with Crippen molar-refractivity contribution in [3.63, 3.8) is 0 Å². The molecule has 0 radical (unpaired) electrons. The number of nitrogens with zero attached hydrogens (tertiary/aromatic N) is 1. The third-order valence-electron chi connectivity index (χ3n) is 2.88. The minimum Gasteiger partial charge on any atom is -0.392 e. The monoisotopic (exact) mass is 157 g/mol. The number of aliphatic hydroxyl groups is 1. The van der Waals surface area contributed by atoms with Gasteiger partial charge >= 0.3 is 0 Å². The molecule has 2 nitrogen and oxygen atoms in total. The number of β-amino-alcohol motifs (C(OH)–C–C–N with tert-alkyl or cyclic N) is 1. The van der Waals surface area contributed by atoms with Crippen LogP contribution in [0.5, 0.6) is 0 Å². The summed E-state index contributed by atoms with van der Waals surface area (Å²) in [5, 5.41) is 9.37. The van der Waals surface area contributed by atoms with Crippen LogP contribution in [0.1, 0.15) is 26.7 Å². The molecular weight excluding hydrogens is 138 g/mol. The Morgan fingerprint density at radius 3 is 2.64 bits per heavy atom. The van der Waals surface area contributed by atoms with Crippen molar-refractivity contribution in [1.29, 1.82) is 0 Å². The van der Waals surface area contributed by atoms with E-state index < -0.39 is 0 Å². The van der Waals surface area contributed by atoms with Crippen molar-refractivity contribution >= 4 is 0 Å². The van der Waals surface area contributed by atoms with E-state index in [1.807, 2.05) is 0 Å². The second-order valence-electron chi connectivity index (χ2n) is 3.78. The van der Waals surface area contributed by atoms with Crippen molar-refractivity contribution in [3.8, 4) is 0 Å². The van der Waals surface area contributed by atoms with Gasteiger partial charge in [-0.1, -0.05) is 20.3 Å². The van der Waals surface area contributed by atoms with E-state index in [4.69, 9.17) is 0 Å². The van der Waals surface area contributed by atoms with Crippen molar-refractivity contribution in [2.24, 2.45) is 5.92 Å². The number of likely N-dealkylation sites (N-methyl/N-ethyl adjacent to an activating group) is 1. The Balaban J connectivity index is 2.45. The second kappa shape index (κ2) is 3.55. The van der Waals surface area contributed by atoms with Crippen LogP contribution in [0, 0.1) is 5.92 Å². The first-order valence-electron chi connectivity index (χ1n) is 4.53. The molecule has 1 fully saturated rings. The summed E-state index contributed by atoms with van der Waals surface area (Å²) < 4.78 is 0. The standard InChI is InChI=1S/C9H19NO/c1-4-7(2)9-5-8(11)6-10(9)3/h7-9,11H,4-6H2,1-3H3. The Morgan fingerprint density at radius 1 is 1.64 bits per heavy atom. The lowest BCUT2D eigenvalue weighted by atomic mass is 9.97. The van der Waals surface area contributed by atoms with Crippen molar-refractivity contribution in [1.82, 2.24) is 4.90 Å². The molecule has 3 atom stereocenters. The Kier molecular flexibility index (Phi) is 2.90. The van der Waals surface area contributed by atoms with Gasteiger partial charge in [0.05, 0.1) is 6.10 Å². The molecule has 1 aliphatic heterocycles. The van der Waals surface area contributed by atoms with E-state index in [1.54, 1.807) is 0 Å². The zero-order chi connectivity index (χ0) is 8.43. The summed E-state index contributed by atoms with van der Waals surface area (Å²) in [5.74, 6) is 0.720. The van der Waals surface area contributed by atoms with E-state index in [2.05, 4.69) is 25.8 Å². The Hall–Kier alpha value is -0.0800. The fraction of sp³-hybridized carbons (Fsp3) is 1.00. The molecular formula is C9H19NO. The predicted octanol–water partition coefficient (Wildman–Crippen LogP) is 1.10. The molecule has 66 valence electrons. The smallest absolute Gasteiger partial charge is 0.0682 e. The van der Waals surface area contributed by atoms with Crippen LogP contribution in [0.4, 0.5) is 0 Å². The summed E-state index contributed by atoms with van der Waals surface area (Å²) in [7, 11) is 2.10. The van der Waals surface area contributed by atoms with Gasteiger partial charge < -0.3 is 10.0 Å². The highest BCUT2D eigenvalue weighted by Gasteiger charge is 2.30. The second-order valence-corrected chi connectivity index (χ2v) is 3.78. The molecule has 0 aromatic heterocycles. The van der Waals surface area contributed by atoms with E-state index in [0.29, 0.717) is 6.04 Å². The van der Waals surface area contributed by atoms with Crippen LogP contribution >= 0.6 is 0 Å². The highest BCUT2D eigenvalue weighted by molar-refractivity contribution is 4.85. The molecule has 0 aromatic rings. The predicted molar refractivity (Wildman–Crippen MR) is 46.5 cm³/mol. The molecule has 0 bridgehead atoms. The number of hydrogen-bond acceptors (Lipinski definition) is 2. The molecule has 3 unspecified atom stereocenters. The topological polar surface area (TPSA) is 23.5 Å². The molecule has 0 aliphatic carbocycles. The quantitative estimate of drug-likeness (QED) is 0.649. The molecule has 11 heavy (non-hydrogen) atoms. The van der Waals surface area contributed by atoms with Gasteiger partial charge in [-0.3, -0.25) is 0 Å². The maximum Gasteiger partial charge on any atom is 0.0682 e. The van der Waals surface area contributed by atoms with E-state index >= 15 is 0 Å². The summed E-state index contributed by atoms with van der Waals surface area (Å²) in [6, 6.07) is 0.606. The molecule has 1 heterocycles. The first kappa shape index (κ1) is 9.01. The van der Waals surface area contributed by atoms with Gasteiger partial charge in [-0.2, -0.15) is 0 Å². The lowest BCUT2D eigenvalue weighted by molar-refractivity contribution is 0.182. The first-order chi connectivity index (χ1) is 5.15. The van der Waals surface area contributed by atoms with Gasteiger partial charge in [0.2, 0.25) is 0 Å². The van der Waals surface area contributed by atoms with Crippen LogP contribution in [0.15, 0.2) is 0 Å². The molecule has 0 spiro atoms. The molecule has 0 saturated carbocycles. The van der Waals surface area contributed by atoms with Gasteiger partial charge in [0, 0.05) is 12.6 Å². The van der Waals surface area contributed by atoms with Crippen LogP contribution < -0.4 is 0 Å². The van der Waals surface area contributed by atoms with E-state index in [1.165, 1.54) is 6.42 Å². The van der Waals surface area contributed by atoms with Crippen molar-refractivity contribution < 1.29 is 5.11 Å². The van der Waals surface area contributed by atoms with Gasteiger partial charge in [0.15, 0.2) is 0 Å². The number of rotatable bonds is 2. The van der Waals surface area contributed by atoms with Crippen molar-refractivity contribution in [2.45, 2.75) is 38.8 Å². The van der Waals surface area contributed by atoms with Crippen molar-refractivity contribution in [2.75, 3.05) is 13.6 Å². The highest BCUT2D eigenvalue weighted by atomic mass is 16.3. The van der Waals surface area contributed by atoms with E-state index in [0.717, 1.165) is 18.9 Å². The third-order valence-corrected chi connectivity index (χ3v) is 2.88. The van der Waals surface area contributed by atoms with Crippen LogP contribution in [0.2, 0.25) is 0 Å². The van der Waals surface area contributed by atoms with Gasteiger partial charge in [0.25, 0.3) is 0 Å². The van der Waals surface area contributed by atoms with Gasteiger partial charge in [-0.15, -0.1) is 0 Å². The van der Waals surface area contributed by atoms with Crippen LogP contribution in [0.3, 0.4) is 0 Å². The summed E-state index contributed by atoms with van der Waals surface area (Å²) in [5.41, 5.74) is 0. The summed E-state index contributed by atoms with van der Waals surface area (Å²) in [6.07, 6.45) is 2.09. The number of aliphatic hydroxyl groups excluding tert-OH is 1. The summed E-state index contributed by atoms with van der Waals surface area (Å²) in [6.45, 7) is 5.33. The minimum atomic E-state index is -0.0843. The van der Waals surface area contributed by atoms with Gasteiger partial charge in [-0.25, -0.2) is 0 Å². The molecule has 0 aromatic carbocycles. The largest absolute Gasteiger partial charge is 0.392 e. The first-order valence-corrected chi connectivity index (χ1v) is 4.53. The highest BCUT2D eigenvalue weighted by Crippen LogP contribution is 2.24. The molecule has 1 aliphatic rings. The van der Waals surface area contributed by atoms with Crippen molar-refractivity contribution in [3.05, 3.63) is 0 Å². The lowest BCUT2D eigenvalue weighted by Gasteiger charge is -2.24. The van der Waals surface area contributed by atoms with E-state index in [-0.39, 0.29) is 6.10 Å². The van der Waals surface area contributed by atoms with E-state index in [9.17, 15) is 5.11 Å². The fourth-order valence-corrected chi connectivity index (χ4v) is 1.94. The SMILES string of the molecule is CCC(C)C1CC(O)CN1C. The maximum absolute atomic E-state index is 9.37. The number of hydrogen-bond donors (Lipinski definition) is 1.